The van der Waals surface area contributed by atoms with Gasteiger partial charge in [0.2, 0.25) is 0 Å². The van der Waals surface area contributed by atoms with Crippen molar-refractivity contribution in [2.75, 3.05) is 48.8 Å². The Labute approximate surface area is 159 Å². The van der Waals surface area contributed by atoms with Crippen LogP contribution < -0.4 is 15.5 Å². The highest BCUT2D eigenvalue weighted by Crippen LogP contribution is 2.21. The van der Waals surface area contributed by atoms with E-state index in [0.717, 1.165) is 37.9 Å². The minimum Gasteiger partial charge on any atom is -0.369 e. The van der Waals surface area contributed by atoms with Gasteiger partial charge in [-0.2, -0.15) is 0 Å². The van der Waals surface area contributed by atoms with Gasteiger partial charge >= 0.3 is 11.8 Å². The van der Waals surface area contributed by atoms with Crippen molar-refractivity contribution in [3.05, 3.63) is 53.8 Å². The van der Waals surface area contributed by atoms with Crippen LogP contribution in [0.15, 0.2) is 36.4 Å². The number of halogens is 3. The zero-order valence-electron chi connectivity index (χ0n) is 15.1. The first-order valence-electron chi connectivity index (χ1n) is 8.64. The van der Waals surface area contributed by atoms with Gasteiger partial charge in [0.15, 0.2) is 17.5 Å². The molecule has 1 saturated heterocycles. The van der Waals surface area contributed by atoms with Gasteiger partial charge in [-0.1, -0.05) is 0 Å². The number of nitrogens with one attached hydrogen (secondary N) is 2. The van der Waals surface area contributed by atoms with E-state index in [1.807, 2.05) is 17.4 Å². The van der Waals surface area contributed by atoms with Crippen LogP contribution in [0, 0.1) is 17.5 Å². The summed E-state index contributed by atoms with van der Waals surface area (Å²) in [6, 6.07) is 8.45. The lowest BCUT2D eigenvalue weighted by Gasteiger charge is -2.34. The van der Waals surface area contributed by atoms with Crippen LogP contribution >= 0.6 is 0 Å². The molecule has 0 aromatic heterocycles. The Morgan fingerprint density at radius 3 is 2.07 bits per heavy atom. The summed E-state index contributed by atoms with van der Waals surface area (Å²) in [7, 11) is 2.06. The van der Waals surface area contributed by atoms with Gasteiger partial charge in [0.1, 0.15) is 0 Å². The summed E-state index contributed by atoms with van der Waals surface area (Å²) in [5, 5.41) is 4.30. The topological polar surface area (TPSA) is 64.7 Å². The Bertz CT molecular complexity index is 881. The number of benzene rings is 2. The van der Waals surface area contributed by atoms with Crippen LogP contribution in [0.4, 0.5) is 30.2 Å². The summed E-state index contributed by atoms with van der Waals surface area (Å²) in [5.74, 6) is -6.94. The van der Waals surface area contributed by atoms with Gasteiger partial charge in [0.25, 0.3) is 0 Å². The number of carbonyl (C=O) groups is 2. The zero-order valence-corrected chi connectivity index (χ0v) is 15.1. The molecule has 6 nitrogen and oxygen atoms in total. The monoisotopic (exact) mass is 392 g/mol. The van der Waals surface area contributed by atoms with Gasteiger partial charge in [-0.3, -0.25) is 9.59 Å². The fourth-order valence-corrected chi connectivity index (χ4v) is 2.81. The van der Waals surface area contributed by atoms with Crippen molar-refractivity contribution in [3.63, 3.8) is 0 Å². The van der Waals surface area contributed by atoms with Gasteiger partial charge in [-0.05, 0) is 43.4 Å². The molecule has 0 bridgehead atoms. The molecule has 1 heterocycles. The van der Waals surface area contributed by atoms with Crippen molar-refractivity contribution in [2.45, 2.75) is 0 Å². The van der Waals surface area contributed by atoms with Crippen LogP contribution in [-0.4, -0.2) is 49.9 Å². The van der Waals surface area contributed by atoms with Crippen molar-refractivity contribution in [1.29, 1.82) is 0 Å². The van der Waals surface area contributed by atoms with Crippen molar-refractivity contribution >= 4 is 28.9 Å². The van der Waals surface area contributed by atoms with Gasteiger partial charge in [-0.15, -0.1) is 0 Å². The summed E-state index contributed by atoms with van der Waals surface area (Å²) in [4.78, 5) is 28.3. The Balaban J connectivity index is 1.60. The number of carbonyl (C=O) groups excluding carboxylic acids is 2. The fourth-order valence-electron chi connectivity index (χ4n) is 2.81. The van der Waals surface area contributed by atoms with Crippen LogP contribution in [-0.2, 0) is 9.59 Å². The highest BCUT2D eigenvalue weighted by molar-refractivity contribution is 6.43. The second kappa shape index (κ2) is 8.30. The molecule has 0 atom stereocenters. The van der Waals surface area contributed by atoms with Crippen molar-refractivity contribution in [3.8, 4) is 0 Å². The number of likely N-dealkylation sites (N-methyl/N-ethyl adjacent to an activating group) is 1. The molecule has 1 fully saturated rings. The van der Waals surface area contributed by atoms with E-state index in [4.69, 9.17) is 0 Å². The van der Waals surface area contributed by atoms with Gasteiger partial charge < -0.3 is 20.4 Å². The number of hydrogen-bond acceptors (Lipinski definition) is 4. The predicted octanol–water partition coefficient (Wildman–Crippen LogP) is 2.43. The van der Waals surface area contributed by atoms with E-state index in [9.17, 15) is 22.8 Å². The van der Waals surface area contributed by atoms with Gasteiger partial charge in [0, 0.05) is 37.6 Å². The lowest BCUT2D eigenvalue weighted by atomic mass is 10.2. The van der Waals surface area contributed by atoms with Crippen molar-refractivity contribution in [2.24, 2.45) is 0 Å². The maximum atomic E-state index is 13.6. The number of hydrogen-bond donors (Lipinski definition) is 2. The Kier molecular flexibility index (Phi) is 5.84. The first-order valence-corrected chi connectivity index (χ1v) is 8.64. The molecule has 1 aliphatic rings. The maximum absolute atomic E-state index is 13.6. The quantitative estimate of drug-likeness (QED) is 0.622. The molecule has 3 rings (SSSR count). The molecule has 0 radical (unpaired) electrons. The average Bonchev–Trinajstić information content (AvgIpc) is 2.69. The van der Waals surface area contributed by atoms with Crippen molar-refractivity contribution < 1.29 is 22.8 Å². The van der Waals surface area contributed by atoms with Crippen LogP contribution in [0.3, 0.4) is 0 Å². The van der Waals surface area contributed by atoms with Crippen molar-refractivity contribution in [1.82, 2.24) is 4.90 Å². The van der Waals surface area contributed by atoms with E-state index in [-0.39, 0.29) is 0 Å². The molecule has 2 aromatic rings. The molecule has 1 aliphatic heterocycles. The number of anilines is 3. The standard InChI is InChI=1S/C19H19F3N4O2/c1-25-8-10-26(11-9-25)13-4-2-12(3-5-13)23-18(27)19(28)24-15-7-6-14(20)16(21)17(15)22/h2-7H,8-11H2,1H3,(H,23,27)(H,24,28). The molecule has 2 aromatic carbocycles. The van der Waals surface area contributed by atoms with Gasteiger partial charge in [-0.25, -0.2) is 13.2 Å². The molecule has 0 spiro atoms. The smallest absolute Gasteiger partial charge is 0.314 e. The molecule has 9 heteroatoms. The number of amides is 2. The lowest BCUT2D eigenvalue weighted by molar-refractivity contribution is -0.133. The number of piperazine rings is 1. The van der Waals surface area contributed by atoms with E-state index in [1.165, 1.54) is 0 Å². The maximum Gasteiger partial charge on any atom is 0.314 e. The molecule has 2 amide bonds. The third kappa shape index (κ3) is 4.42. The normalized spacial score (nSPS) is 14.6. The highest BCUT2D eigenvalue weighted by Gasteiger charge is 2.20. The van der Waals surface area contributed by atoms with Crippen LogP contribution in [0.5, 0.6) is 0 Å². The third-order valence-corrected chi connectivity index (χ3v) is 4.48. The lowest BCUT2D eigenvalue weighted by Crippen LogP contribution is -2.44. The highest BCUT2D eigenvalue weighted by atomic mass is 19.2. The second-order valence-corrected chi connectivity index (χ2v) is 6.47. The van der Waals surface area contributed by atoms with Crippen LogP contribution in [0.1, 0.15) is 0 Å². The molecular weight excluding hydrogens is 373 g/mol. The Morgan fingerprint density at radius 1 is 0.821 bits per heavy atom. The molecule has 0 aliphatic carbocycles. The molecule has 0 unspecified atom stereocenters. The second-order valence-electron chi connectivity index (χ2n) is 6.47. The molecular formula is C19H19F3N4O2. The van der Waals surface area contributed by atoms with E-state index in [0.29, 0.717) is 11.8 Å². The van der Waals surface area contributed by atoms with Gasteiger partial charge in [0.05, 0.1) is 5.69 Å². The number of nitrogens with zero attached hydrogens (tertiary/aromatic N) is 2. The SMILES string of the molecule is CN1CCN(c2ccc(NC(=O)C(=O)Nc3ccc(F)c(F)c3F)cc2)CC1. The Hall–Kier alpha value is -3.07. The predicted molar refractivity (Wildman–Crippen MR) is 99.7 cm³/mol. The fraction of sp³-hybridized carbons (Fsp3) is 0.263. The first kappa shape index (κ1) is 19.7. The summed E-state index contributed by atoms with van der Waals surface area (Å²) >= 11 is 0. The summed E-state index contributed by atoms with van der Waals surface area (Å²) in [5.41, 5.74) is 0.757. The van der Waals surface area contributed by atoms with E-state index in [1.54, 1.807) is 12.1 Å². The number of rotatable bonds is 3. The molecule has 28 heavy (non-hydrogen) atoms. The summed E-state index contributed by atoms with van der Waals surface area (Å²) < 4.78 is 39.7. The molecule has 2 N–H and O–H groups in total. The average molecular weight is 392 g/mol. The molecule has 0 saturated carbocycles. The third-order valence-electron chi connectivity index (χ3n) is 4.48. The summed E-state index contributed by atoms with van der Waals surface area (Å²) in [6.45, 7) is 3.70. The zero-order chi connectivity index (χ0) is 20.3. The van der Waals surface area contributed by atoms with E-state index in [2.05, 4.69) is 22.2 Å². The molecule has 148 valence electrons. The summed E-state index contributed by atoms with van der Waals surface area (Å²) in [6.07, 6.45) is 0. The van der Waals surface area contributed by atoms with Crippen LogP contribution in [0.2, 0.25) is 0 Å². The first-order chi connectivity index (χ1) is 13.3. The largest absolute Gasteiger partial charge is 0.369 e. The van der Waals surface area contributed by atoms with Crippen LogP contribution in [0.25, 0.3) is 0 Å². The van der Waals surface area contributed by atoms with E-state index < -0.39 is 35.0 Å². The van der Waals surface area contributed by atoms with E-state index >= 15 is 0 Å². The Morgan fingerprint density at radius 2 is 1.43 bits per heavy atom. The minimum atomic E-state index is -1.72. The minimum absolute atomic E-state index is 0.379.